The van der Waals surface area contributed by atoms with Crippen LogP contribution in [0.1, 0.15) is 5.56 Å². The number of nitrogens with zero attached hydrogens (tertiary/aromatic N) is 3. The molecule has 6 heteroatoms. The smallest absolute Gasteiger partial charge is 0.271 e. The molecule has 0 aliphatic carbocycles. The van der Waals surface area contributed by atoms with Gasteiger partial charge in [0.1, 0.15) is 0 Å². The van der Waals surface area contributed by atoms with Crippen molar-refractivity contribution in [1.29, 1.82) is 0 Å². The lowest BCUT2D eigenvalue weighted by molar-refractivity contribution is -0.384. The molecule has 0 aliphatic rings. The van der Waals surface area contributed by atoms with Gasteiger partial charge >= 0.3 is 0 Å². The number of nitrogens with one attached hydrogen (secondary N) is 1. The molecule has 1 N–H and O–H groups in total. The molecule has 0 aliphatic heterocycles. The quantitative estimate of drug-likeness (QED) is 0.507. The van der Waals surface area contributed by atoms with Gasteiger partial charge in [-0.2, -0.15) is 5.10 Å². The lowest BCUT2D eigenvalue weighted by atomic mass is 10.3. The number of hydrogen-bond donors (Lipinski definition) is 1. The number of rotatable bonds is 4. The van der Waals surface area contributed by atoms with E-state index in [1.54, 1.807) is 36.8 Å². The fourth-order valence-electron chi connectivity index (χ4n) is 1.32. The van der Waals surface area contributed by atoms with Crippen LogP contribution in [-0.4, -0.2) is 16.1 Å². The fraction of sp³-hybridized carbons (Fsp3) is 0. The van der Waals surface area contributed by atoms with E-state index in [0.717, 1.165) is 5.56 Å². The summed E-state index contributed by atoms with van der Waals surface area (Å²) in [4.78, 5) is 14.1. The standard InChI is InChI=1S/C12H10N4O2/c17-16(18)12-5-1-4-11(7-12)15-14-9-10-3-2-6-13-8-10/h1-9,15H/b14-9-. The van der Waals surface area contributed by atoms with Crippen molar-refractivity contribution in [3.05, 3.63) is 64.5 Å². The van der Waals surface area contributed by atoms with Gasteiger partial charge in [-0.05, 0) is 12.1 Å². The molecule has 1 heterocycles. The number of benzene rings is 1. The maximum atomic E-state index is 10.6. The topological polar surface area (TPSA) is 80.4 Å². The highest BCUT2D eigenvalue weighted by molar-refractivity contribution is 5.79. The van der Waals surface area contributed by atoms with Crippen molar-refractivity contribution in [3.8, 4) is 0 Å². The first-order valence-corrected chi connectivity index (χ1v) is 5.19. The van der Waals surface area contributed by atoms with Gasteiger partial charge in [0.25, 0.3) is 5.69 Å². The molecule has 1 aromatic heterocycles. The first-order chi connectivity index (χ1) is 8.75. The van der Waals surface area contributed by atoms with Gasteiger partial charge in [0.15, 0.2) is 0 Å². The number of nitro groups is 1. The van der Waals surface area contributed by atoms with E-state index in [-0.39, 0.29) is 5.69 Å². The molecule has 0 amide bonds. The van der Waals surface area contributed by atoms with Crippen LogP contribution in [0.25, 0.3) is 0 Å². The second-order valence-electron chi connectivity index (χ2n) is 3.46. The number of anilines is 1. The summed E-state index contributed by atoms with van der Waals surface area (Å²) >= 11 is 0. The SMILES string of the molecule is O=[N+]([O-])c1cccc(N/N=C\c2cccnc2)c1. The predicted molar refractivity (Wildman–Crippen MR) is 68.6 cm³/mol. The van der Waals surface area contributed by atoms with Gasteiger partial charge in [-0.1, -0.05) is 12.1 Å². The Labute approximate surface area is 103 Å². The van der Waals surface area contributed by atoms with E-state index in [0.29, 0.717) is 5.69 Å². The molecular weight excluding hydrogens is 232 g/mol. The van der Waals surface area contributed by atoms with Gasteiger partial charge < -0.3 is 0 Å². The highest BCUT2D eigenvalue weighted by atomic mass is 16.6. The summed E-state index contributed by atoms with van der Waals surface area (Å²) in [5.74, 6) is 0. The maximum absolute atomic E-state index is 10.6. The van der Waals surface area contributed by atoms with Crippen LogP contribution < -0.4 is 5.43 Å². The fourth-order valence-corrected chi connectivity index (χ4v) is 1.32. The Morgan fingerprint density at radius 1 is 1.33 bits per heavy atom. The zero-order chi connectivity index (χ0) is 12.8. The third-order valence-corrected chi connectivity index (χ3v) is 2.15. The van der Waals surface area contributed by atoms with Crippen molar-refractivity contribution in [2.45, 2.75) is 0 Å². The Morgan fingerprint density at radius 2 is 2.22 bits per heavy atom. The van der Waals surface area contributed by atoms with Crippen molar-refractivity contribution in [2.75, 3.05) is 5.43 Å². The largest absolute Gasteiger partial charge is 0.278 e. The summed E-state index contributed by atoms with van der Waals surface area (Å²) in [7, 11) is 0. The number of non-ortho nitro benzene ring substituents is 1. The Bertz CT molecular complexity index is 569. The summed E-state index contributed by atoms with van der Waals surface area (Å²) in [5, 5.41) is 14.6. The average Bonchev–Trinajstić information content (AvgIpc) is 2.40. The summed E-state index contributed by atoms with van der Waals surface area (Å²) in [5.41, 5.74) is 4.15. The van der Waals surface area contributed by atoms with Crippen LogP contribution in [0, 0.1) is 10.1 Å². The van der Waals surface area contributed by atoms with Crippen LogP contribution in [0.15, 0.2) is 53.9 Å². The molecule has 2 rings (SSSR count). The van der Waals surface area contributed by atoms with Gasteiger partial charge in [-0.25, -0.2) is 0 Å². The summed E-state index contributed by atoms with van der Waals surface area (Å²) < 4.78 is 0. The van der Waals surface area contributed by atoms with Gasteiger partial charge in [-0.15, -0.1) is 0 Å². The molecule has 2 aromatic rings. The van der Waals surface area contributed by atoms with Crippen LogP contribution in [0.5, 0.6) is 0 Å². The number of nitro benzene ring substituents is 1. The molecule has 1 aromatic carbocycles. The molecule has 0 spiro atoms. The lowest BCUT2D eigenvalue weighted by Gasteiger charge is -1.99. The van der Waals surface area contributed by atoms with E-state index in [2.05, 4.69) is 15.5 Å². The van der Waals surface area contributed by atoms with E-state index in [9.17, 15) is 10.1 Å². The molecule has 0 unspecified atom stereocenters. The van der Waals surface area contributed by atoms with E-state index in [1.807, 2.05) is 6.07 Å². The van der Waals surface area contributed by atoms with Crippen LogP contribution in [-0.2, 0) is 0 Å². The number of pyridine rings is 1. The third-order valence-electron chi connectivity index (χ3n) is 2.15. The van der Waals surface area contributed by atoms with Crippen molar-refractivity contribution >= 4 is 17.6 Å². The van der Waals surface area contributed by atoms with Gasteiger partial charge in [0, 0.05) is 30.1 Å². The molecule has 90 valence electrons. The molecule has 0 radical (unpaired) electrons. The second kappa shape index (κ2) is 5.53. The number of hydrazone groups is 1. The first kappa shape index (κ1) is 11.7. The highest BCUT2D eigenvalue weighted by Crippen LogP contribution is 2.16. The van der Waals surface area contributed by atoms with Crippen LogP contribution in [0.4, 0.5) is 11.4 Å². The third kappa shape index (κ3) is 3.11. The van der Waals surface area contributed by atoms with Crippen molar-refractivity contribution in [2.24, 2.45) is 5.10 Å². The zero-order valence-electron chi connectivity index (χ0n) is 9.35. The van der Waals surface area contributed by atoms with Crippen LogP contribution in [0.2, 0.25) is 0 Å². The molecule has 0 saturated carbocycles. The highest BCUT2D eigenvalue weighted by Gasteiger charge is 2.04. The Hall–Kier alpha value is -2.76. The Balaban J connectivity index is 2.04. The minimum Gasteiger partial charge on any atom is -0.278 e. The van der Waals surface area contributed by atoms with Gasteiger partial charge in [0.2, 0.25) is 0 Å². The Morgan fingerprint density at radius 3 is 2.94 bits per heavy atom. The predicted octanol–water partition coefficient (Wildman–Crippen LogP) is 2.44. The minimum absolute atomic E-state index is 0.0246. The molecule has 0 bridgehead atoms. The lowest BCUT2D eigenvalue weighted by Crippen LogP contribution is -1.93. The van der Waals surface area contributed by atoms with E-state index in [4.69, 9.17) is 0 Å². The van der Waals surface area contributed by atoms with Crippen LogP contribution in [0.3, 0.4) is 0 Å². The molecule has 18 heavy (non-hydrogen) atoms. The number of hydrogen-bond acceptors (Lipinski definition) is 5. The van der Waals surface area contributed by atoms with Crippen molar-refractivity contribution in [3.63, 3.8) is 0 Å². The van der Waals surface area contributed by atoms with Crippen molar-refractivity contribution in [1.82, 2.24) is 4.98 Å². The normalized spacial score (nSPS) is 10.4. The average molecular weight is 242 g/mol. The first-order valence-electron chi connectivity index (χ1n) is 5.19. The zero-order valence-corrected chi connectivity index (χ0v) is 9.35. The minimum atomic E-state index is -0.448. The second-order valence-corrected chi connectivity index (χ2v) is 3.46. The number of aromatic nitrogens is 1. The van der Waals surface area contributed by atoms with E-state index in [1.165, 1.54) is 12.1 Å². The molecular formula is C12H10N4O2. The summed E-state index contributed by atoms with van der Waals surface area (Å²) in [6.07, 6.45) is 4.93. The molecule has 0 saturated heterocycles. The van der Waals surface area contributed by atoms with Crippen molar-refractivity contribution < 1.29 is 4.92 Å². The monoisotopic (exact) mass is 242 g/mol. The maximum Gasteiger partial charge on any atom is 0.271 e. The molecule has 0 atom stereocenters. The van der Waals surface area contributed by atoms with Gasteiger partial charge in [0.05, 0.1) is 16.8 Å². The molecule has 0 fully saturated rings. The Kier molecular flexibility index (Phi) is 3.60. The summed E-state index contributed by atoms with van der Waals surface area (Å²) in [6, 6.07) is 9.80. The molecule has 6 nitrogen and oxygen atoms in total. The van der Waals surface area contributed by atoms with Gasteiger partial charge in [-0.3, -0.25) is 20.5 Å². The summed E-state index contributed by atoms with van der Waals surface area (Å²) in [6.45, 7) is 0. The van der Waals surface area contributed by atoms with E-state index >= 15 is 0 Å². The van der Waals surface area contributed by atoms with E-state index < -0.39 is 4.92 Å². The van der Waals surface area contributed by atoms with Crippen LogP contribution >= 0.6 is 0 Å².